The number of rotatable bonds is 4. The number of carboxylic acid groups (broad SMARTS) is 2. The highest BCUT2D eigenvalue weighted by Gasteiger charge is 1.96. The van der Waals surface area contributed by atoms with Crippen LogP contribution in [0.1, 0.15) is 33.1 Å². The van der Waals surface area contributed by atoms with E-state index >= 15 is 0 Å². The van der Waals surface area contributed by atoms with Crippen molar-refractivity contribution in [2.75, 3.05) is 0 Å². The Morgan fingerprint density at radius 2 is 1.69 bits per heavy atom. The summed E-state index contributed by atoms with van der Waals surface area (Å²) in [6, 6.07) is 0. The third kappa shape index (κ3) is 13.6. The molecule has 0 aliphatic carbocycles. The molecule has 0 amide bonds. The molecule has 0 rings (SSSR count). The second kappa shape index (κ2) is 8.77. The van der Waals surface area contributed by atoms with Gasteiger partial charge in [0.05, 0.1) is 0 Å². The van der Waals surface area contributed by atoms with Crippen LogP contribution < -0.4 is 0 Å². The van der Waals surface area contributed by atoms with Gasteiger partial charge in [0.25, 0.3) is 0 Å². The molecule has 0 aromatic heterocycles. The average molecular weight is 188 g/mol. The zero-order valence-corrected chi connectivity index (χ0v) is 8.04. The Kier molecular flexibility index (Phi) is 9.60. The number of carbonyl (C=O) groups is 2. The van der Waals surface area contributed by atoms with Gasteiger partial charge in [0.2, 0.25) is 0 Å². The average Bonchev–Trinajstić information content (AvgIpc) is 2.03. The third-order valence-electron chi connectivity index (χ3n) is 1.19. The van der Waals surface area contributed by atoms with Crippen LogP contribution in [0, 0.1) is 0 Å². The summed E-state index contributed by atoms with van der Waals surface area (Å²) in [5.41, 5.74) is 0.264. The van der Waals surface area contributed by atoms with Crippen LogP contribution in [-0.2, 0) is 9.59 Å². The molecule has 76 valence electrons. The first-order chi connectivity index (χ1) is 5.95. The van der Waals surface area contributed by atoms with Gasteiger partial charge in [0.15, 0.2) is 0 Å². The van der Waals surface area contributed by atoms with Gasteiger partial charge in [-0.2, -0.15) is 0 Å². The summed E-state index contributed by atoms with van der Waals surface area (Å²) in [6.07, 6.45) is 1.55. The summed E-state index contributed by atoms with van der Waals surface area (Å²) in [4.78, 5) is 19.4. The van der Waals surface area contributed by atoms with E-state index in [1.54, 1.807) is 6.92 Å². The SMILES string of the molecule is C=C(CC)C(=O)O.CCCC(=O)O. The molecule has 2 N–H and O–H groups in total. The molecule has 0 atom stereocenters. The smallest absolute Gasteiger partial charge is 0.330 e. The van der Waals surface area contributed by atoms with Crippen LogP contribution in [0.25, 0.3) is 0 Å². The van der Waals surface area contributed by atoms with Gasteiger partial charge in [-0.25, -0.2) is 4.79 Å². The summed E-state index contributed by atoms with van der Waals surface area (Å²) in [5.74, 6) is -1.61. The van der Waals surface area contributed by atoms with Crippen molar-refractivity contribution >= 4 is 11.9 Å². The van der Waals surface area contributed by atoms with Crippen LogP contribution in [0.5, 0.6) is 0 Å². The molecule has 0 aliphatic rings. The Bertz CT molecular complexity index is 184. The fraction of sp³-hybridized carbons (Fsp3) is 0.556. The zero-order valence-electron chi connectivity index (χ0n) is 8.04. The van der Waals surface area contributed by atoms with E-state index in [0.717, 1.165) is 6.42 Å². The Morgan fingerprint density at radius 1 is 1.23 bits per heavy atom. The summed E-state index contributed by atoms with van der Waals surface area (Å²) >= 11 is 0. The van der Waals surface area contributed by atoms with Gasteiger partial charge >= 0.3 is 11.9 Å². The van der Waals surface area contributed by atoms with Crippen LogP contribution in [0.4, 0.5) is 0 Å². The quantitative estimate of drug-likeness (QED) is 0.661. The lowest BCUT2D eigenvalue weighted by atomic mass is 10.2. The van der Waals surface area contributed by atoms with Crippen molar-refractivity contribution in [1.29, 1.82) is 0 Å². The fourth-order valence-corrected chi connectivity index (χ4v) is 0.365. The van der Waals surface area contributed by atoms with Crippen molar-refractivity contribution in [3.05, 3.63) is 12.2 Å². The van der Waals surface area contributed by atoms with E-state index in [9.17, 15) is 9.59 Å². The molecule has 0 unspecified atom stereocenters. The summed E-state index contributed by atoms with van der Waals surface area (Å²) in [6.45, 7) is 6.87. The normalized spacial score (nSPS) is 8.15. The van der Waals surface area contributed by atoms with Crippen LogP contribution >= 0.6 is 0 Å². The Balaban J connectivity index is 0. The standard InChI is InChI=1S/C5H8O2.C4H8O2/c1-3-4(2)5(6)7;1-2-3-4(5)6/h2-3H2,1H3,(H,6,7);2-3H2,1H3,(H,5,6). The van der Waals surface area contributed by atoms with E-state index in [-0.39, 0.29) is 5.57 Å². The van der Waals surface area contributed by atoms with Crippen LogP contribution in [-0.4, -0.2) is 22.2 Å². The molecule has 4 heteroatoms. The molecule has 13 heavy (non-hydrogen) atoms. The third-order valence-corrected chi connectivity index (χ3v) is 1.19. The van der Waals surface area contributed by atoms with E-state index in [2.05, 4.69) is 6.58 Å². The minimum Gasteiger partial charge on any atom is -0.481 e. The second-order valence-corrected chi connectivity index (χ2v) is 2.41. The van der Waals surface area contributed by atoms with E-state index in [1.807, 2.05) is 6.92 Å². The van der Waals surface area contributed by atoms with E-state index < -0.39 is 11.9 Å². The topological polar surface area (TPSA) is 74.6 Å². The maximum atomic E-state index is 9.83. The van der Waals surface area contributed by atoms with E-state index in [1.165, 1.54) is 0 Å². The van der Waals surface area contributed by atoms with Crippen molar-refractivity contribution in [2.24, 2.45) is 0 Å². The lowest BCUT2D eigenvalue weighted by Gasteiger charge is -1.87. The van der Waals surface area contributed by atoms with Crippen molar-refractivity contribution < 1.29 is 19.8 Å². The Labute approximate surface area is 77.9 Å². The van der Waals surface area contributed by atoms with Crippen molar-refractivity contribution in [3.63, 3.8) is 0 Å². The van der Waals surface area contributed by atoms with Gasteiger partial charge in [0, 0.05) is 12.0 Å². The molecular formula is C9H16O4. The Hall–Kier alpha value is -1.32. The molecule has 0 fully saturated rings. The number of carboxylic acids is 2. The molecule has 0 radical (unpaired) electrons. The maximum Gasteiger partial charge on any atom is 0.330 e. The minimum absolute atomic E-state index is 0.264. The van der Waals surface area contributed by atoms with Crippen molar-refractivity contribution in [3.8, 4) is 0 Å². The number of aliphatic carboxylic acids is 2. The fourth-order valence-electron chi connectivity index (χ4n) is 0.365. The highest BCUT2D eigenvalue weighted by molar-refractivity contribution is 5.85. The second-order valence-electron chi connectivity index (χ2n) is 2.41. The van der Waals surface area contributed by atoms with Crippen LogP contribution in [0.2, 0.25) is 0 Å². The first-order valence-electron chi connectivity index (χ1n) is 4.08. The molecule has 0 spiro atoms. The van der Waals surface area contributed by atoms with Crippen molar-refractivity contribution in [2.45, 2.75) is 33.1 Å². The summed E-state index contributed by atoms with van der Waals surface area (Å²) in [7, 11) is 0. The van der Waals surface area contributed by atoms with Gasteiger partial charge in [-0.05, 0) is 12.8 Å². The van der Waals surface area contributed by atoms with Gasteiger partial charge in [0.1, 0.15) is 0 Å². The number of hydrogen-bond acceptors (Lipinski definition) is 2. The molecule has 0 heterocycles. The molecular weight excluding hydrogens is 172 g/mol. The summed E-state index contributed by atoms with van der Waals surface area (Å²) in [5, 5.41) is 16.0. The van der Waals surface area contributed by atoms with Crippen molar-refractivity contribution in [1.82, 2.24) is 0 Å². The van der Waals surface area contributed by atoms with E-state index in [0.29, 0.717) is 12.8 Å². The van der Waals surface area contributed by atoms with Crippen LogP contribution in [0.15, 0.2) is 12.2 Å². The van der Waals surface area contributed by atoms with Gasteiger partial charge in [-0.3, -0.25) is 4.79 Å². The predicted octanol–water partition coefficient (Wildman–Crippen LogP) is 1.91. The zero-order chi connectivity index (χ0) is 10.9. The monoisotopic (exact) mass is 188 g/mol. The molecule has 0 aromatic carbocycles. The molecule has 0 aliphatic heterocycles. The molecule has 0 bridgehead atoms. The molecule has 0 aromatic rings. The largest absolute Gasteiger partial charge is 0.481 e. The molecule has 4 nitrogen and oxygen atoms in total. The van der Waals surface area contributed by atoms with Crippen LogP contribution in [0.3, 0.4) is 0 Å². The predicted molar refractivity (Wildman–Crippen MR) is 49.6 cm³/mol. The summed E-state index contributed by atoms with van der Waals surface area (Å²) < 4.78 is 0. The molecule has 0 saturated carbocycles. The maximum absolute atomic E-state index is 9.83. The first-order valence-corrected chi connectivity index (χ1v) is 4.08. The lowest BCUT2D eigenvalue weighted by Crippen LogP contribution is -1.95. The Morgan fingerprint density at radius 3 is 1.69 bits per heavy atom. The van der Waals surface area contributed by atoms with Gasteiger partial charge in [-0.15, -0.1) is 0 Å². The van der Waals surface area contributed by atoms with Gasteiger partial charge in [-0.1, -0.05) is 20.4 Å². The van der Waals surface area contributed by atoms with E-state index in [4.69, 9.17) is 10.2 Å². The van der Waals surface area contributed by atoms with Gasteiger partial charge < -0.3 is 10.2 Å². The lowest BCUT2D eigenvalue weighted by molar-refractivity contribution is -0.137. The number of hydrogen-bond donors (Lipinski definition) is 2. The minimum atomic E-state index is -0.900. The first kappa shape index (κ1) is 14.2. The highest BCUT2D eigenvalue weighted by atomic mass is 16.4. The highest BCUT2D eigenvalue weighted by Crippen LogP contribution is 1.93. The molecule has 0 saturated heterocycles.